The Morgan fingerprint density at radius 1 is 1.44 bits per heavy atom. The summed E-state index contributed by atoms with van der Waals surface area (Å²) >= 11 is 0. The van der Waals surface area contributed by atoms with E-state index in [2.05, 4.69) is 10.3 Å². The maximum atomic E-state index is 12.0. The molecule has 0 unspecified atom stereocenters. The summed E-state index contributed by atoms with van der Waals surface area (Å²) < 4.78 is 1.25. The molecule has 0 radical (unpaired) electrons. The van der Waals surface area contributed by atoms with Gasteiger partial charge in [-0.3, -0.25) is 4.79 Å². The van der Waals surface area contributed by atoms with E-state index in [1.165, 1.54) is 4.68 Å². The van der Waals surface area contributed by atoms with Gasteiger partial charge in [-0.15, -0.1) is 5.10 Å². The molecule has 1 heterocycles. The number of nitrogens with zero attached hydrogens (tertiary/aromatic N) is 3. The third-order valence-corrected chi connectivity index (χ3v) is 2.62. The number of fused-ring (bicyclic) bond motifs is 1. The van der Waals surface area contributed by atoms with Crippen LogP contribution in [0.4, 0.5) is 0 Å². The third-order valence-electron chi connectivity index (χ3n) is 2.62. The largest absolute Gasteiger partial charge is 0.394 e. The number of hydrogen-bond acceptors (Lipinski definition) is 4. The van der Waals surface area contributed by atoms with Crippen molar-refractivity contribution >= 4 is 10.9 Å². The predicted octanol–water partition coefficient (Wildman–Crippen LogP) is 0.735. The van der Waals surface area contributed by atoms with Crippen molar-refractivity contribution in [1.29, 1.82) is 0 Å². The first-order chi connectivity index (χ1) is 7.77. The minimum absolute atomic E-state index is 0.108. The molecule has 2 rings (SSSR count). The second-order valence-corrected chi connectivity index (χ2v) is 3.60. The number of aromatic nitrogens is 3. The molecule has 0 amide bonds. The van der Waals surface area contributed by atoms with Crippen LogP contribution in [0.1, 0.15) is 19.4 Å². The Hall–Kier alpha value is -1.75. The molecule has 1 aromatic heterocycles. The molecular weight excluding hydrogens is 206 g/mol. The van der Waals surface area contributed by atoms with Crippen LogP contribution < -0.4 is 5.56 Å². The Bertz CT molecular complexity index is 546. The van der Waals surface area contributed by atoms with Gasteiger partial charge in [0.1, 0.15) is 5.52 Å². The number of rotatable bonds is 3. The van der Waals surface area contributed by atoms with Gasteiger partial charge >= 0.3 is 0 Å². The van der Waals surface area contributed by atoms with E-state index >= 15 is 0 Å². The second-order valence-electron chi connectivity index (χ2n) is 3.60. The summed E-state index contributed by atoms with van der Waals surface area (Å²) in [6.07, 6.45) is 0.642. The van der Waals surface area contributed by atoms with Gasteiger partial charge in [0.05, 0.1) is 18.0 Å². The van der Waals surface area contributed by atoms with E-state index in [9.17, 15) is 4.79 Å². The fraction of sp³-hybridized carbons (Fsp3) is 0.364. The zero-order valence-corrected chi connectivity index (χ0v) is 9.00. The number of aliphatic hydroxyl groups excluding tert-OH is 1. The maximum Gasteiger partial charge on any atom is 0.277 e. The second kappa shape index (κ2) is 4.40. The fourth-order valence-electron chi connectivity index (χ4n) is 1.62. The van der Waals surface area contributed by atoms with Crippen molar-refractivity contribution in [3.8, 4) is 0 Å². The summed E-state index contributed by atoms with van der Waals surface area (Å²) in [7, 11) is 0. The molecule has 0 fully saturated rings. The summed E-state index contributed by atoms with van der Waals surface area (Å²) in [6.45, 7) is 1.79. The van der Waals surface area contributed by atoms with Crippen molar-refractivity contribution < 1.29 is 5.11 Å². The average molecular weight is 219 g/mol. The van der Waals surface area contributed by atoms with Crippen molar-refractivity contribution in [1.82, 2.24) is 15.0 Å². The molecule has 0 spiro atoms. The monoisotopic (exact) mass is 219 g/mol. The molecule has 1 aromatic carbocycles. The topological polar surface area (TPSA) is 68.0 Å². The molecule has 5 nitrogen and oxygen atoms in total. The first kappa shape index (κ1) is 10.8. The Labute approximate surface area is 92.3 Å². The molecule has 0 aliphatic heterocycles. The first-order valence-corrected chi connectivity index (χ1v) is 5.23. The van der Waals surface area contributed by atoms with E-state index in [-0.39, 0.29) is 18.2 Å². The smallest absolute Gasteiger partial charge is 0.277 e. The van der Waals surface area contributed by atoms with Gasteiger partial charge in [0, 0.05) is 0 Å². The van der Waals surface area contributed by atoms with Crippen molar-refractivity contribution in [3.05, 3.63) is 34.6 Å². The van der Waals surface area contributed by atoms with E-state index < -0.39 is 0 Å². The molecule has 0 aliphatic carbocycles. The van der Waals surface area contributed by atoms with Gasteiger partial charge in [0.25, 0.3) is 5.56 Å². The van der Waals surface area contributed by atoms with Crippen LogP contribution in [0.25, 0.3) is 10.9 Å². The molecule has 0 bridgehead atoms. The quantitative estimate of drug-likeness (QED) is 0.826. The Kier molecular flexibility index (Phi) is 2.96. The van der Waals surface area contributed by atoms with Crippen LogP contribution in [-0.4, -0.2) is 26.7 Å². The molecule has 16 heavy (non-hydrogen) atoms. The van der Waals surface area contributed by atoms with Crippen LogP contribution in [-0.2, 0) is 0 Å². The first-order valence-electron chi connectivity index (χ1n) is 5.23. The van der Waals surface area contributed by atoms with E-state index in [4.69, 9.17) is 5.11 Å². The summed E-state index contributed by atoms with van der Waals surface area (Å²) in [5.74, 6) is 0. The predicted molar refractivity (Wildman–Crippen MR) is 60.2 cm³/mol. The zero-order chi connectivity index (χ0) is 11.5. The molecule has 0 aliphatic rings. The Morgan fingerprint density at radius 2 is 2.19 bits per heavy atom. The minimum Gasteiger partial charge on any atom is -0.394 e. The van der Waals surface area contributed by atoms with Gasteiger partial charge in [0.2, 0.25) is 0 Å². The highest BCUT2D eigenvalue weighted by Gasteiger charge is 2.12. The lowest BCUT2D eigenvalue weighted by Crippen LogP contribution is -2.30. The van der Waals surface area contributed by atoms with Gasteiger partial charge in [-0.2, -0.15) is 0 Å². The lowest BCUT2D eigenvalue weighted by atomic mass is 10.2. The molecule has 0 saturated heterocycles. The number of benzene rings is 1. The van der Waals surface area contributed by atoms with Crippen LogP contribution in [0.2, 0.25) is 0 Å². The molecule has 5 heteroatoms. The van der Waals surface area contributed by atoms with E-state index in [1.807, 2.05) is 13.0 Å². The third kappa shape index (κ3) is 1.69. The fourth-order valence-corrected chi connectivity index (χ4v) is 1.62. The highest BCUT2D eigenvalue weighted by atomic mass is 16.3. The lowest BCUT2D eigenvalue weighted by Gasteiger charge is -2.12. The van der Waals surface area contributed by atoms with Crippen LogP contribution in [0, 0.1) is 0 Å². The van der Waals surface area contributed by atoms with Crippen LogP contribution in [0.15, 0.2) is 29.1 Å². The van der Waals surface area contributed by atoms with E-state index in [1.54, 1.807) is 18.2 Å². The Balaban J connectivity index is 2.65. The summed E-state index contributed by atoms with van der Waals surface area (Å²) in [6, 6.07) is 6.75. The molecule has 0 saturated carbocycles. The van der Waals surface area contributed by atoms with Crippen LogP contribution in [0.5, 0.6) is 0 Å². The highest BCUT2D eigenvalue weighted by Crippen LogP contribution is 2.08. The van der Waals surface area contributed by atoms with Crippen molar-refractivity contribution in [2.75, 3.05) is 6.61 Å². The van der Waals surface area contributed by atoms with E-state index in [0.29, 0.717) is 17.3 Å². The average Bonchev–Trinajstić information content (AvgIpc) is 2.34. The minimum atomic E-state index is -0.301. The van der Waals surface area contributed by atoms with Gasteiger partial charge < -0.3 is 5.11 Å². The summed E-state index contributed by atoms with van der Waals surface area (Å²) in [5, 5.41) is 17.5. The van der Waals surface area contributed by atoms with Crippen LogP contribution >= 0.6 is 0 Å². The molecule has 1 N–H and O–H groups in total. The standard InChI is InChI=1S/C11H13N3O2/c1-2-8(7-15)14-11(16)9-5-3-4-6-10(9)12-13-14/h3-6,8,15H,2,7H2,1H3/t8-/m1/s1. The number of hydrogen-bond donors (Lipinski definition) is 1. The number of aliphatic hydroxyl groups is 1. The van der Waals surface area contributed by atoms with Crippen LogP contribution in [0.3, 0.4) is 0 Å². The van der Waals surface area contributed by atoms with Crippen molar-refractivity contribution in [2.45, 2.75) is 19.4 Å². The molecule has 1 atom stereocenters. The van der Waals surface area contributed by atoms with Crippen molar-refractivity contribution in [3.63, 3.8) is 0 Å². The van der Waals surface area contributed by atoms with Gasteiger partial charge in [-0.05, 0) is 18.6 Å². The molecule has 2 aromatic rings. The Morgan fingerprint density at radius 3 is 2.88 bits per heavy atom. The SMILES string of the molecule is CC[C@H](CO)n1nnc2ccccc2c1=O. The zero-order valence-electron chi connectivity index (χ0n) is 9.00. The normalized spacial score (nSPS) is 12.9. The maximum absolute atomic E-state index is 12.0. The molecular formula is C11H13N3O2. The highest BCUT2D eigenvalue weighted by molar-refractivity contribution is 5.76. The van der Waals surface area contributed by atoms with Gasteiger partial charge in [0.15, 0.2) is 0 Å². The summed E-state index contributed by atoms with van der Waals surface area (Å²) in [5.41, 5.74) is 0.378. The van der Waals surface area contributed by atoms with Gasteiger partial charge in [-0.1, -0.05) is 24.3 Å². The lowest BCUT2D eigenvalue weighted by molar-refractivity contribution is 0.208. The van der Waals surface area contributed by atoms with E-state index in [0.717, 1.165) is 0 Å². The molecule has 84 valence electrons. The van der Waals surface area contributed by atoms with Crippen molar-refractivity contribution in [2.24, 2.45) is 0 Å². The summed E-state index contributed by atoms with van der Waals surface area (Å²) in [4.78, 5) is 12.0. The van der Waals surface area contributed by atoms with Gasteiger partial charge in [-0.25, -0.2) is 4.68 Å².